The smallest absolute Gasteiger partial charge is 0.270 e. The molecule has 11 nitrogen and oxygen atoms in total. The van der Waals surface area contributed by atoms with Gasteiger partial charge in [0, 0.05) is 47.2 Å². The van der Waals surface area contributed by atoms with Crippen molar-refractivity contribution in [3.63, 3.8) is 0 Å². The van der Waals surface area contributed by atoms with Gasteiger partial charge in [-0.25, -0.2) is 4.98 Å². The number of allylic oxidation sites excluding steroid dienone is 1. The number of nitrogens with one attached hydrogen (secondary N) is 4. The second-order valence-corrected chi connectivity index (χ2v) is 17.2. The number of hydrogen-bond donors (Lipinski definition) is 5. The van der Waals surface area contributed by atoms with Gasteiger partial charge in [0.25, 0.3) is 5.91 Å². The summed E-state index contributed by atoms with van der Waals surface area (Å²) in [4.78, 5) is 62.3. The summed E-state index contributed by atoms with van der Waals surface area (Å²) < 4.78 is 0. The Bertz CT molecular complexity index is 1710. The van der Waals surface area contributed by atoms with Crippen molar-refractivity contribution < 1.29 is 24.3 Å². The summed E-state index contributed by atoms with van der Waals surface area (Å²) in [5.41, 5.74) is 1.70. The molecule has 0 spiro atoms. The highest BCUT2D eigenvalue weighted by Crippen LogP contribution is 2.29. The summed E-state index contributed by atoms with van der Waals surface area (Å²) in [5.74, 6) is 1.63. The van der Waals surface area contributed by atoms with Crippen molar-refractivity contribution in [3.8, 4) is 12.8 Å². The molecule has 1 aromatic carbocycles. The number of fused-ring (bicyclic) bond motifs is 1. The lowest BCUT2D eigenvalue weighted by atomic mass is 9.83. The van der Waals surface area contributed by atoms with Crippen LogP contribution in [0.15, 0.2) is 73.4 Å². The number of para-hydroxylation sites is 1. The van der Waals surface area contributed by atoms with Gasteiger partial charge < -0.3 is 26.4 Å². The Kier molecular flexibility index (Phi) is 25.6. The van der Waals surface area contributed by atoms with Crippen LogP contribution >= 0.6 is 23.5 Å². The monoisotopic (exact) mass is 846 g/mol. The molecular formula is C46H66N6O5S2. The van der Waals surface area contributed by atoms with Crippen LogP contribution in [-0.4, -0.2) is 80.5 Å². The minimum atomic E-state index is -0.780. The minimum absolute atomic E-state index is 0.0769. The number of thioether (sulfide) groups is 2. The molecule has 13 heteroatoms. The van der Waals surface area contributed by atoms with Crippen molar-refractivity contribution in [2.75, 3.05) is 23.7 Å². The number of aliphatic hydroxyl groups excluding tert-OH is 1. The third-order valence-electron chi connectivity index (χ3n) is 10.4. The number of benzene rings is 1. The molecule has 4 amide bonds. The third kappa shape index (κ3) is 18.6. The van der Waals surface area contributed by atoms with Crippen LogP contribution < -0.4 is 21.3 Å². The van der Waals surface area contributed by atoms with Gasteiger partial charge in [-0.1, -0.05) is 88.8 Å². The van der Waals surface area contributed by atoms with E-state index < -0.39 is 23.9 Å². The molecule has 2 aromatic heterocycles. The fourth-order valence-electron chi connectivity index (χ4n) is 6.95. The van der Waals surface area contributed by atoms with E-state index in [9.17, 15) is 19.2 Å². The van der Waals surface area contributed by atoms with Crippen molar-refractivity contribution in [1.29, 1.82) is 0 Å². The van der Waals surface area contributed by atoms with E-state index in [0.29, 0.717) is 30.7 Å². The summed E-state index contributed by atoms with van der Waals surface area (Å²) >= 11 is 4.07. The maximum absolute atomic E-state index is 13.7. The molecular weight excluding hydrogens is 781 g/mol. The number of aliphatic hydroxyl groups is 1. The maximum Gasteiger partial charge on any atom is 0.270 e. The first-order valence-electron chi connectivity index (χ1n) is 20.7. The van der Waals surface area contributed by atoms with Gasteiger partial charge in [-0.05, 0) is 68.7 Å². The van der Waals surface area contributed by atoms with Gasteiger partial charge in [-0.15, -0.1) is 19.4 Å². The number of carbonyl (C=O) groups excluding carboxylic acids is 4. The first-order chi connectivity index (χ1) is 28.7. The summed E-state index contributed by atoms with van der Waals surface area (Å²) in [6.07, 6.45) is 20.3. The normalized spacial score (nSPS) is 16.0. The Morgan fingerprint density at radius 1 is 0.881 bits per heavy atom. The average molecular weight is 847 g/mol. The van der Waals surface area contributed by atoms with E-state index in [4.69, 9.17) is 5.11 Å². The molecule has 5 N–H and O–H groups in total. The molecule has 1 aliphatic carbocycles. The van der Waals surface area contributed by atoms with Crippen LogP contribution in [0.4, 0.5) is 0 Å². The zero-order valence-electron chi connectivity index (χ0n) is 35.4. The topological polar surface area (TPSA) is 162 Å². The number of terminal acetylenes is 1. The molecule has 3 heterocycles. The van der Waals surface area contributed by atoms with Crippen molar-refractivity contribution in [3.05, 3.63) is 84.8 Å². The van der Waals surface area contributed by atoms with Crippen molar-refractivity contribution in [2.24, 2.45) is 17.8 Å². The summed E-state index contributed by atoms with van der Waals surface area (Å²) in [6, 6.07) is 15.0. The van der Waals surface area contributed by atoms with E-state index in [1.807, 2.05) is 85.9 Å². The molecule has 0 radical (unpaired) electrons. The van der Waals surface area contributed by atoms with Crippen LogP contribution in [0.1, 0.15) is 101 Å². The quantitative estimate of drug-likeness (QED) is 0.0654. The van der Waals surface area contributed by atoms with E-state index in [0.717, 1.165) is 43.9 Å². The number of rotatable bonds is 18. The lowest BCUT2D eigenvalue weighted by Crippen LogP contribution is -2.51. The number of aromatic nitrogens is 2. The predicted octanol–water partition coefficient (Wildman–Crippen LogP) is 7.30. The molecule has 1 aliphatic heterocycles. The molecule has 2 fully saturated rings. The van der Waals surface area contributed by atoms with Crippen LogP contribution in [0.5, 0.6) is 0 Å². The minimum Gasteiger partial charge on any atom is -0.400 e. The van der Waals surface area contributed by atoms with E-state index >= 15 is 0 Å². The molecule has 2 aliphatic rings. The summed E-state index contributed by atoms with van der Waals surface area (Å²) in [7, 11) is 1.00. The van der Waals surface area contributed by atoms with Crippen LogP contribution in [0.25, 0.3) is 10.9 Å². The SMILES string of the molecule is C#C.C1CSCS1.C=CCC(CC[C@H](CC1CCCCC1)NC(=O)[C@H](C)NC(=O)c1ccc2ccccc2n1)C(=O)NC(C(=O)NCc1ccccn1)[C@H](C)CC.CO. The van der Waals surface area contributed by atoms with Crippen molar-refractivity contribution >= 4 is 58.1 Å². The summed E-state index contributed by atoms with van der Waals surface area (Å²) in [5, 5.41) is 21.3. The van der Waals surface area contributed by atoms with E-state index in [1.165, 1.54) is 35.9 Å². The first-order valence-corrected chi connectivity index (χ1v) is 23.0. The van der Waals surface area contributed by atoms with Crippen LogP contribution in [0.3, 0.4) is 0 Å². The number of nitrogens with zero attached hydrogens (tertiary/aromatic N) is 2. The molecule has 0 bridgehead atoms. The fourth-order valence-corrected chi connectivity index (χ4v) is 9.30. The molecule has 5 rings (SSSR count). The van der Waals surface area contributed by atoms with Crippen molar-refractivity contribution in [2.45, 2.75) is 110 Å². The van der Waals surface area contributed by atoms with Gasteiger partial charge in [0.05, 0.1) is 17.8 Å². The summed E-state index contributed by atoms with van der Waals surface area (Å²) in [6.45, 7) is 9.80. The molecule has 2 unspecified atom stereocenters. The molecule has 1 saturated heterocycles. The van der Waals surface area contributed by atoms with Gasteiger partial charge in [0.2, 0.25) is 17.7 Å². The third-order valence-corrected chi connectivity index (χ3v) is 13.0. The molecule has 5 atom stereocenters. The molecule has 59 heavy (non-hydrogen) atoms. The lowest BCUT2D eigenvalue weighted by Gasteiger charge is -2.30. The number of carbonyl (C=O) groups is 4. The molecule has 1 saturated carbocycles. The Balaban J connectivity index is 0.00000120. The predicted molar refractivity (Wildman–Crippen MR) is 245 cm³/mol. The van der Waals surface area contributed by atoms with Crippen LogP contribution in [0.2, 0.25) is 0 Å². The van der Waals surface area contributed by atoms with E-state index in [1.54, 1.807) is 25.3 Å². The fraction of sp³-hybridized carbons (Fsp3) is 0.522. The number of amides is 4. The zero-order chi connectivity index (χ0) is 43.4. The van der Waals surface area contributed by atoms with Gasteiger partial charge in [-0.2, -0.15) is 23.5 Å². The van der Waals surface area contributed by atoms with Gasteiger partial charge in [0.15, 0.2) is 0 Å². The Morgan fingerprint density at radius 2 is 1.58 bits per heavy atom. The number of hydrogen-bond acceptors (Lipinski definition) is 9. The highest BCUT2D eigenvalue weighted by molar-refractivity contribution is 8.19. The zero-order valence-corrected chi connectivity index (χ0v) is 37.0. The van der Waals surface area contributed by atoms with E-state index in [-0.39, 0.29) is 41.9 Å². The van der Waals surface area contributed by atoms with Gasteiger partial charge >= 0.3 is 0 Å². The Morgan fingerprint density at radius 3 is 2.20 bits per heavy atom. The Labute approximate surface area is 360 Å². The van der Waals surface area contributed by atoms with Gasteiger partial charge in [0.1, 0.15) is 17.8 Å². The number of pyridine rings is 2. The van der Waals surface area contributed by atoms with Crippen LogP contribution in [-0.2, 0) is 20.9 Å². The molecule has 3 aromatic rings. The maximum atomic E-state index is 13.7. The molecule has 322 valence electrons. The first kappa shape index (κ1) is 50.8. The van der Waals surface area contributed by atoms with Crippen molar-refractivity contribution in [1.82, 2.24) is 31.2 Å². The largest absolute Gasteiger partial charge is 0.400 e. The lowest BCUT2D eigenvalue weighted by molar-refractivity contribution is -0.132. The van der Waals surface area contributed by atoms with Gasteiger partial charge in [-0.3, -0.25) is 24.2 Å². The average Bonchev–Trinajstić information content (AvgIpc) is 3.88. The Hall–Kier alpha value is -4.38. The highest BCUT2D eigenvalue weighted by Gasteiger charge is 2.30. The highest BCUT2D eigenvalue weighted by atomic mass is 32.2. The second kappa shape index (κ2) is 29.8. The van der Waals surface area contributed by atoms with Crippen LogP contribution in [0, 0.1) is 30.6 Å². The second-order valence-electron chi connectivity index (χ2n) is 14.7. The standard InChI is InChI=1S/C40H54N6O4.C3H6S2.C2H2.CH4O/c1-5-14-31(38(48)46-36(27(3)6-2)40(50)42-26-33-18-12-13-24-41-33)20-22-32(25-29-15-8-7-9-16-29)44-37(47)28(4)43-39(49)35-23-21-30-17-10-11-19-34(30)45-35;1-2-5-3-4-1;2*1-2/h5,10-13,17-19,21,23-24,27-29,31-32,36H,1,6-9,14-16,20,22,25-26H2,2-4H3,(H,42,50)(H,43,49)(H,44,47)(H,46,48);1-3H2;1-2H;2H,1H3/t27-,28+,31?,32-,36?;;;/m1.../s1. The van der Waals surface area contributed by atoms with E-state index in [2.05, 4.69) is 50.7 Å².